The van der Waals surface area contributed by atoms with E-state index in [1.54, 1.807) is 0 Å². The van der Waals surface area contributed by atoms with E-state index in [0.717, 1.165) is 11.5 Å². The molecule has 0 unspecified atom stereocenters. The fourth-order valence-electron chi connectivity index (χ4n) is 2.35. The maximum absolute atomic E-state index is 5.80. The van der Waals surface area contributed by atoms with Crippen LogP contribution in [0.5, 0.6) is 11.5 Å². The molecule has 0 atom stereocenters. The summed E-state index contributed by atoms with van der Waals surface area (Å²) in [5.41, 5.74) is -0.357. The molecule has 1 aromatic carbocycles. The van der Waals surface area contributed by atoms with Crippen LogP contribution in [0.3, 0.4) is 0 Å². The van der Waals surface area contributed by atoms with Crippen LogP contribution in [0.4, 0.5) is 0 Å². The van der Waals surface area contributed by atoms with Crippen molar-refractivity contribution in [1.29, 1.82) is 0 Å². The lowest BCUT2D eigenvalue weighted by molar-refractivity contribution is 0.00578. The highest BCUT2D eigenvalue weighted by atomic mass is 16.7. The molecule has 1 fully saturated rings. The van der Waals surface area contributed by atoms with Crippen molar-refractivity contribution in [2.45, 2.75) is 78.2 Å². The normalized spacial score (nSPS) is 20.4. The van der Waals surface area contributed by atoms with Gasteiger partial charge in [0, 0.05) is 5.82 Å². The van der Waals surface area contributed by atoms with Crippen molar-refractivity contribution in [1.82, 2.24) is 0 Å². The smallest absolute Gasteiger partial charge is 0.523 e. The van der Waals surface area contributed by atoms with Gasteiger partial charge in [-0.3, -0.25) is 0 Å². The third kappa shape index (κ3) is 4.09. The summed E-state index contributed by atoms with van der Waals surface area (Å²) in [4.78, 5) is 0. The van der Waals surface area contributed by atoms with Crippen molar-refractivity contribution in [3.05, 3.63) is 24.3 Å². The summed E-state index contributed by atoms with van der Waals surface area (Å²) in [5, 5.41) is 0. The van der Waals surface area contributed by atoms with Crippen molar-refractivity contribution in [2.24, 2.45) is 0 Å². The average Bonchev–Trinajstić information content (AvgIpc) is 2.99. The minimum atomic E-state index is -0.179. The van der Waals surface area contributed by atoms with Gasteiger partial charge in [-0.05, 0) is 45.6 Å². The zero-order chi connectivity index (χ0) is 18.1. The van der Waals surface area contributed by atoms with Crippen LogP contribution < -0.4 is 9.31 Å². The molecule has 0 amide bonds. The Labute approximate surface area is 147 Å². The first kappa shape index (κ1) is 19.2. The fourth-order valence-corrected chi connectivity index (χ4v) is 2.35. The highest BCUT2D eigenvalue weighted by Gasteiger charge is 2.51. The van der Waals surface area contributed by atoms with Crippen LogP contribution in [0.2, 0.25) is 11.6 Å². The minimum absolute atomic E-state index is 0.0463. The third-order valence-electron chi connectivity index (χ3n) is 4.70. The number of para-hydroxylation sites is 2. The summed E-state index contributed by atoms with van der Waals surface area (Å²) < 4.78 is 22.7. The van der Waals surface area contributed by atoms with Gasteiger partial charge >= 0.3 is 14.2 Å². The quantitative estimate of drug-likeness (QED) is 0.726. The predicted molar refractivity (Wildman–Crippen MR) is 99.7 cm³/mol. The van der Waals surface area contributed by atoms with E-state index in [9.17, 15) is 0 Å². The summed E-state index contributed by atoms with van der Waals surface area (Å²) >= 11 is 0. The Hall–Kier alpha value is -1.13. The molecule has 0 aliphatic carbocycles. The second-order valence-corrected chi connectivity index (χ2v) is 8.16. The molecule has 0 spiro atoms. The molecule has 0 bridgehead atoms. The van der Waals surface area contributed by atoms with Crippen LogP contribution in [0.15, 0.2) is 24.3 Å². The lowest BCUT2D eigenvalue weighted by atomic mass is 9.75. The highest BCUT2D eigenvalue weighted by molar-refractivity contribution is 6.49. The molecule has 2 heterocycles. The molecule has 2 aliphatic rings. The Morgan fingerprint density at radius 1 is 0.708 bits per heavy atom. The highest BCUT2D eigenvalue weighted by Crippen LogP contribution is 2.39. The molecule has 0 saturated carbocycles. The van der Waals surface area contributed by atoms with Gasteiger partial charge in [0.25, 0.3) is 0 Å². The Balaban J connectivity index is 0.000000174. The van der Waals surface area contributed by atoms with Crippen LogP contribution in [0.25, 0.3) is 0 Å². The third-order valence-corrected chi connectivity index (χ3v) is 4.70. The van der Waals surface area contributed by atoms with Crippen LogP contribution in [-0.4, -0.2) is 25.4 Å². The SMILES string of the molecule is CC(C)B1OC(C)(C)C(C)(C)O1.CC(C)B1Oc2ccccc2O1. The molecular weight excluding hydrogens is 302 g/mol. The Bertz CT molecular complexity index is 517. The lowest BCUT2D eigenvalue weighted by Gasteiger charge is -2.32. The van der Waals surface area contributed by atoms with Crippen molar-refractivity contribution in [3.63, 3.8) is 0 Å². The second-order valence-electron chi connectivity index (χ2n) is 8.16. The van der Waals surface area contributed by atoms with Crippen molar-refractivity contribution in [3.8, 4) is 11.5 Å². The maximum atomic E-state index is 5.80. The summed E-state index contributed by atoms with van der Waals surface area (Å²) in [6, 6.07) is 7.76. The van der Waals surface area contributed by atoms with E-state index >= 15 is 0 Å². The molecule has 0 aromatic heterocycles. The predicted octanol–water partition coefficient (Wildman–Crippen LogP) is 4.84. The number of hydrogen-bond acceptors (Lipinski definition) is 4. The summed E-state index contributed by atoms with van der Waals surface area (Å²) in [6.45, 7) is 16.7. The summed E-state index contributed by atoms with van der Waals surface area (Å²) in [5.74, 6) is 2.52. The fraction of sp³-hybridized carbons (Fsp3) is 0.667. The number of benzene rings is 1. The molecule has 0 N–H and O–H groups in total. The van der Waals surface area contributed by atoms with E-state index in [1.165, 1.54) is 0 Å². The van der Waals surface area contributed by atoms with Gasteiger partial charge in [-0.2, -0.15) is 0 Å². The molecule has 4 nitrogen and oxygen atoms in total. The van der Waals surface area contributed by atoms with Crippen LogP contribution in [0, 0.1) is 0 Å². The molecule has 2 aliphatic heterocycles. The Kier molecular flexibility index (Phi) is 5.61. The van der Waals surface area contributed by atoms with Gasteiger partial charge in [0.2, 0.25) is 0 Å². The standard InChI is InChI=1S/C9H11BO2.C9H19BO2/c1-7(2)10-11-8-5-3-4-6-9(8)12-10;1-7(2)10-11-8(3,4)9(5,6)12-10/h3-7H,1-2H3;7H,1-6H3. The zero-order valence-corrected chi connectivity index (χ0v) is 16.3. The zero-order valence-electron chi connectivity index (χ0n) is 16.3. The molecule has 1 saturated heterocycles. The van der Waals surface area contributed by atoms with Crippen molar-refractivity contribution < 1.29 is 18.6 Å². The average molecular weight is 332 g/mol. The first-order valence-corrected chi connectivity index (χ1v) is 8.81. The molecule has 24 heavy (non-hydrogen) atoms. The molecule has 1 aromatic rings. The summed E-state index contributed by atoms with van der Waals surface area (Å²) in [6.07, 6.45) is 0. The van der Waals surface area contributed by atoms with E-state index in [1.807, 2.05) is 24.3 Å². The molecular formula is C18H30B2O4. The van der Waals surface area contributed by atoms with Gasteiger partial charge < -0.3 is 18.6 Å². The Morgan fingerprint density at radius 2 is 1.08 bits per heavy atom. The first-order chi connectivity index (χ1) is 11.0. The monoisotopic (exact) mass is 332 g/mol. The second kappa shape index (κ2) is 7.01. The van der Waals surface area contributed by atoms with E-state index in [-0.39, 0.29) is 25.4 Å². The number of rotatable bonds is 2. The van der Waals surface area contributed by atoms with Gasteiger partial charge in [-0.25, -0.2) is 0 Å². The van der Waals surface area contributed by atoms with E-state index < -0.39 is 0 Å². The molecule has 132 valence electrons. The molecule has 3 rings (SSSR count). The topological polar surface area (TPSA) is 36.9 Å². The van der Waals surface area contributed by atoms with E-state index in [2.05, 4.69) is 55.4 Å². The first-order valence-electron chi connectivity index (χ1n) is 8.81. The van der Waals surface area contributed by atoms with E-state index in [4.69, 9.17) is 18.6 Å². The van der Waals surface area contributed by atoms with E-state index in [0.29, 0.717) is 11.6 Å². The molecule has 6 heteroatoms. The van der Waals surface area contributed by atoms with Gasteiger partial charge in [-0.1, -0.05) is 39.8 Å². The van der Waals surface area contributed by atoms with Gasteiger partial charge in [-0.15, -0.1) is 0 Å². The van der Waals surface area contributed by atoms with Crippen LogP contribution >= 0.6 is 0 Å². The van der Waals surface area contributed by atoms with Crippen molar-refractivity contribution in [2.75, 3.05) is 0 Å². The summed E-state index contributed by atoms with van der Waals surface area (Å²) in [7, 11) is -0.155. The van der Waals surface area contributed by atoms with Crippen LogP contribution in [-0.2, 0) is 9.31 Å². The minimum Gasteiger partial charge on any atom is -0.523 e. The Morgan fingerprint density at radius 3 is 1.38 bits per heavy atom. The molecule has 0 radical (unpaired) electrons. The van der Waals surface area contributed by atoms with Crippen molar-refractivity contribution >= 4 is 14.2 Å². The van der Waals surface area contributed by atoms with Crippen LogP contribution in [0.1, 0.15) is 55.4 Å². The van der Waals surface area contributed by atoms with Gasteiger partial charge in [0.1, 0.15) is 11.5 Å². The number of hydrogen-bond donors (Lipinski definition) is 0. The van der Waals surface area contributed by atoms with Gasteiger partial charge in [0.05, 0.1) is 11.2 Å². The number of fused-ring (bicyclic) bond motifs is 1. The lowest BCUT2D eigenvalue weighted by Crippen LogP contribution is -2.41. The largest absolute Gasteiger partial charge is 0.597 e. The van der Waals surface area contributed by atoms with Gasteiger partial charge in [0.15, 0.2) is 0 Å². The maximum Gasteiger partial charge on any atom is 0.597 e.